The van der Waals surface area contributed by atoms with Crippen molar-refractivity contribution in [2.24, 2.45) is 0 Å². The van der Waals surface area contributed by atoms with Crippen molar-refractivity contribution in [3.63, 3.8) is 0 Å². The first-order valence-electron chi connectivity index (χ1n) is 3.67. The Bertz CT molecular complexity index is 260. The van der Waals surface area contributed by atoms with Gasteiger partial charge in [-0.25, -0.2) is 4.79 Å². The molecule has 1 atom stereocenters. The number of carbonyl (C=O) groups is 1. The normalized spacial score (nSPS) is 27.7. The molecular weight excluding hydrogens is 222 g/mol. The second kappa shape index (κ2) is 3.31. The molecular formula is C8H10BrNO2. The zero-order valence-corrected chi connectivity index (χ0v) is 8.26. The predicted molar refractivity (Wildman–Crippen MR) is 49.9 cm³/mol. The minimum atomic E-state index is -0.937. The Labute approximate surface area is 79.3 Å². The molecule has 0 aromatic rings. The summed E-state index contributed by atoms with van der Waals surface area (Å²) >= 11 is 3.21. The summed E-state index contributed by atoms with van der Waals surface area (Å²) in [5.74, 6) is -0.855. The molecule has 0 aromatic heterocycles. The van der Waals surface area contributed by atoms with E-state index in [1.807, 2.05) is 6.92 Å². The van der Waals surface area contributed by atoms with Crippen LogP contribution in [0.3, 0.4) is 0 Å². The highest BCUT2D eigenvalue weighted by Gasteiger charge is 2.35. The Balaban J connectivity index is 2.92. The van der Waals surface area contributed by atoms with Crippen molar-refractivity contribution in [3.05, 3.63) is 22.8 Å². The van der Waals surface area contributed by atoms with E-state index in [1.165, 1.54) is 0 Å². The lowest BCUT2D eigenvalue weighted by atomic mass is 9.94. The highest BCUT2D eigenvalue weighted by atomic mass is 79.9. The molecule has 0 amide bonds. The molecule has 0 spiro atoms. The maximum Gasteiger partial charge on any atom is 0.333 e. The summed E-state index contributed by atoms with van der Waals surface area (Å²) in [7, 11) is 0. The Hall–Kier alpha value is -0.770. The predicted octanol–water partition coefficient (Wildman–Crippen LogP) is 1.62. The van der Waals surface area contributed by atoms with Crippen molar-refractivity contribution in [3.8, 4) is 0 Å². The fraction of sp³-hybridized carbons (Fsp3) is 0.375. The number of hydrogen-bond acceptors (Lipinski definition) is 2. The molecule has 1 heterocycles. The van der Waals surface area contributed by atoms with Crippen LogP contribution >= 0.6 is 15.9 Å². The number of rotatable bonds is 2. The number of hydrogen-bond donors (Lipinski definition) is 2. The van der Waals surface area contributed by atoms with Crippen LogP contribution < -0.4 is 5.32 Å². The van der Waals surface area contributed by atoms with Crippen molar-refractivity contribution >= 4 is 21.9 Å². The van der Waals surface area contributed by atoms with E-state index in [0.717, 1.165) is 0 Å². The van der Waals surface area contributed by atoms with Gasteiger partial charge < -0.3 is 10.4 Å². The van der Waals surface area contributed by atoms with Crippen LogP contribution in [0.5, 0.6) is 0 Å². The first-order valence-corrected chi connectivity index (χ1v) is 4.46. The van der Waals surface area contributed by atoms with Gasteiger partial charge in [0.1, 0.15) is 0 Å². The molecule has 0 bridgehead atoms. The van der Waals surface area contributed by atoms with E-state index in [9.17, 15) is 4.79 Å². The molecule has 1 unspecified atom stereocenters. The Morgan fingerprint density at radius 1 is 1.83 bits per heavy atom. The minimum Gasteiger partial charge on any atom is -0.479 e. The van der Waals surface area contributed by atoms with Gasteiger partial charge in [0.25, 0.3) is 0 Å². The lowest BCUT2D eigenvalue weighted by Gasteiger charge is -2.28. The Kier molecular flexibility index (Phi) is 2.57. The largest absolute Gasteiger partial charge is 0.479 e. The molecule has 66 valence electrons. The van der Waals surface area contributed by atoms with Crippen LogP contribution in [0.2, 0.25) is 0 Å². The number of carboxylic acids is 1. The first kappa shape index (κ1) is 9.32. The zero-order chi connectivity index (χ0) is 9.19. The van der Waals surface area contributed by atoms with Crippen molar-refractivity contribution in [2.45, 2.75) is 18.9 Å². The van der Waals surface area contributed by atoms with Crippen molar-refractivity contribution in [1.29, 1.82) is 0 Å². The van der Waals surface area contributed by atoms with Gasteiger partial charge in [0, 0.05) is 0 Å². The average Bonchev–Trinajstić information content (AvgIpc) is 2.04. The van der Waals surface area contributed by atoms with Gasteiger partial charge in [0.15, 0.2) is 5.54 Å². The number of dihydropyridines is 1. The number of allylic oxidation sites excluding steroid dienone is 2. The highest BCUT2D eigenvalue weighted by molar-refractivity contribution is 9.11. The van der Waals surface area contributed by atoms with Crippen LogP contribution in [0.15, 0.2) is 22.8 Å². The fourth-order valence-electron chi connectivity index (χ4n) is 1.08. The summed E-state index contributed by atoms with van der Waals surface area (Å²) in [6.07, 6.45) is 5.68. The molecule has 1 rings (SSSR count). The van der Waals surface area contributed by atoms with Gasteiger partial charge >= 0.3 is 5.97 Å². The molecule has 0 aromatic carbocycles. The maximum absolute atomic E-state index is 10.9. The quantitative estimate of drug-likeness (QED) is 0.711. The van der Waals surface area contributed by atoms with Crippen molar-refractivity contribution < 1.29 is 9.90 Å². The van der Waals surface area contributed by atoms with Gasteiger partial charge in [0.2, 0.25) is 0 Å². The highest BCUT2D eigenvalue weighted by Crippen LogP contribution is 2.21. The van der Waals surface area contributed by atoms with Crippen LogP contribution in [0.1, 0.15) is 13.3 Å². The summed E-state index contributed by atoms with van der Waals surface area (Å²) in [5, 5.41) is 11.8. The minimum absolute atomic E-state index is 0.516. The van der Waals surface area contributed by atoms with Crippen LogP contribution in [-0.2, 0) is 4.79 Å². The molecule has 2 N–H and O–H groups in total. The summed E-state index contributed by atoms with van der Waals surface area (Å²) in [4.78, 5) is 10.9. The van der Waals surface area contributed by atoms with Gasteiger partial charge in [0.05, 0.1) is 4.61 Å². The topological polar surface area (TPSA) is 49.3 Å². The average molecular weight is 232 g/mol. The molecule has 1 aliphatic heterocycles. The van der Waals surface area contributed by atoms with Crippen molar-refractivity contribution in [1.82, 2.24) is 5.32 Å². The second-order valence-electron chi connectivity index (χ2n) is 2.63. The number of halogens is 1. The van der Waals surface area contributed by atoms with Gasteiger partial charge in [-0.05, 0) is 34.5 Å². The third kappa shape index (κ3) is 1.53. The van der Waals surface area contributed by atoms with E-state index in [1.54, 1.807) is 18.2 Å². The van der Waals surface area contributed by atoms with E-state index < -0.39 is 11.5 Å². The van der Waals surface area contributed by atoms with E-state index >= 15 is 0 Å². The molecule has 0 fully saturated rings. The van der Waals surface area contributed by atoms with Crippen LogP contribution in [0, 0.1) is 0 Å². The molecule has 12 heavy (non-hydrogen) atoms. The molecule has 4 heteroatoms. The van der Waals surface area contributed by atoms with Crippen LogP contribution in [0.25, 0.3) is 0 Å². The number of carboxylic acid groups (broad SMARTS) is 1. The number of nitrogens with one attached hydrogen (secondary N) is 1. The van der Waals surface area contributed by atoms with Gasteiger partial charge in [-0.2, -0.15) is 0 Å². The van der Waals surface area contributed by atoms with E-state index in [-0.39, 0.29) is 0 Å². The van der Waals surface area contributed by atoms with Gasteiger partial charge in [-0.15, -0.1) is 0 Å². The molecule has 3 nitrogen and oxygen atoms in total. The molecule has 0 aliphatic carbocycles. The SMILES string of the molecule is CCC1(C(=O)O)C=CC=C(Br)N1. The zero-order valence-electron chi connectivity index (χ0n) is 6.67. The third-order valence-electron chi connectivity index (χ3n) is 1.91. The Morgan fingerprint density at radius 2 is 2.50 bits per heavy atom. The third-order valence-corrected chi connectivity index (χ3v) is 2.37. The lowest BCUT2D eigenvalue weighted by Crippen LogP contribution is -2.49. The summed E-state index contributed by atoms with van der Waals surface area (Å²) in [5.41, 5.74) is -0.937. The summed E-state index contributed by atoms with van der Waals surface area (Å²) in [6, 6.07) is 0. The first-order chi connectivity index (χ1) is 5.60. The van der Waals surface area contributed by atoms with Crippen molar-refractivity contribution in [2.75, 3.05) is 0 Å². The van der Waals surface area contributed by atoms with E-state index in [2.05, 4.69) is 21.2 Å². The molecule has 1 aliphatic rings. The summed E-state index contributed by atoms with van der Waals surface area (Å²) < 4.78 is 0.703. The van der Waals surface area contributed by atoms with Crippen LogP contribution in [0.4, 0.5) is 0 Å². The molecule has 0 saturated heterocycles. The standard InChI is InChI=1S/C8H10BrNO2/c1-2-8(7(11)12)5-3-4-6(9)10-8/h3-5,10H,2H2,1H3,(H,11,12). The van der Waals surface area contributed by atoms with Crippen LogP contribution in [-0.4, -0.2) is 16.6 Å². The molecule has 0 radical (unpaired) electrons. The summed E-state index contributed by atoms with van der Waals surface area (Å²) in [6.45, 7) is 1.83. The lowest BCUT2D eigenvalue weighted by molar-refractivity contribution is -0.142. The van der Waals surface area contributed by atoms with E-state index in [4.69, 9.17) is 5.11 Å². The van der Waals surface area contributed by atoms with Gasteiger partial charge in [-0.3, -0.25) is 0 Å². The Morgan fingerprint density at radius 3 is 2.83 bits per heavy atom. The second-order valence-corrected chi connectivity index (χ2v) is 3.48. The fourth-order valence-corrected chi connectivity index (χ4v) is 1.58. The number of aliphatic carboxylic acids is 1. The van der Waals surface area contributed by atoms with Gasteiger partial charge in [-0.1, -0.05) is 13.0 Å². The smallest absolute Gasteiger partial charge is 0.333 e. The maximum atomic E-state index is 10.9. The monoisotopic (exact) mass is 231 g/mol. The van der Waals surface area contributed by atoms with E-state index in [0.29, 0.717) is 11.0 Å². The molecule has 0 saturated carbocycles.